The van der Waals surface area contributed by atoms with Crippen LogP contribution in [0.2, 0.25) is 0 Å². The van der Waals surface area contributed by atoms with E-state index < -0.39 is 0 Å². The van der Waals surface area contributed by atoms with Crippen LogP contribution in [0.15, 0.2) is 24.3 Å². The zero-order chi connectivity index (χ0) is 12.8. The Kier molecular flexibility index (Phi) is 4.59. The average Bonchev–Trinajstić information content (AvgIpc) is 2.58. The van der Waals surface area contributed by atoms with Gasteiger partial charge in [-0.3, -0.25) is 4.79 Å². The fourth-order valence-corrected chi connectivity index (χ4v) is 2.06. The van der Waals surface area contributed by atoms with Gasteiger partial charge in [-0.15, -0.1) is 0 Å². The summed E-state index contributed by atoms with van der Waals surface area (Å²) in [7, 11) is 0. The highest BCUT2D eigenvalue weighted by atomic mass is 16.5. The number of nitrogens with one attached hydrogen (secondary N) is 1. The van der Waals surface area contributed by atoms with Gasteiger partial charge in [0, 0.05) is 32.6 Å². The summed E-state index contributed by atoms with van der Waals surface area (Å²) >= 11 is 0. The van der Waals surface area contributed by atoms with Crippen molar-refractivity contribution in [3.8, 4) is 5.75 Å². The Morgan fingerprint density at radius 1 is 1.28 bits per heavy atom. The summed E-state index contributed by atoms with van der Waals surface area (Å²) in [6.45, 7) is 5.78. The molecule has 1 aliphatic rings. The number of carbonyl (C=O) groups excluding carboxylic acids is 1. The number of nitrogens with zero attached hydrogens (tertiary/aromatic N) is 1. The van der Waals surface area contributed by atoms with Crippen LogP contribution in [0.3, 0.4) is 0 Å². The van der Waals surface area contributed by atoms with Crippen molar-refractivity contribution in [2.45, 2.75) is 19.9 Å². The molecule has 1 aromatic rings. The fraction of sp³-hybridized carbons (Fsp3) is 0.500. The second-order valence-corrected chi connectivity index (χ2v) is 4.39. The molecule has 1 aromatic carbocycles. The van der Waals surface area contributed by atoms with Gasteiger partial charge in [0.1, 0.15) is 5.75 Å². The Bertz CT molecular complexity index is 389. The van der Waals surface area contributed by atoms with Gasteiger partial charge in [0.05, 0.1) is 6.61 Å². The molecule has 1 amide bonds. The Labute approximate surface area is 108 Å². The molecule has 4 nitrogen and oxygen atoms in total. The smallest absolute Gasteiger partial charge is 0.224 e. The quantitative estimate of drug-likeness (QED) is 0.876. The van der Waals surface area contributed by atoms with Gasteiger partial charge < -0.3 is 15.0 Å². The van der Waals surface area contributed by atoms with E-state index in [0.717, 1.165) is 30.9 Å². The van der Waals surface area contributed by atoms with Crippen molar-refractivity contribution in [3.63, 3.8) is 0 Å². The number of benzene rings is 1. The van der Waals surface area contributed by atoms with Gasteiger partial charge in [0.25, 0.3) is 0 Å². The van der Waals surface area contributed by atoms with E-state index in [4.69, 9.17) is 4.74 Å². The first-order valence-electron chi connectivity index (χ1n) is 6.50. The van der Waals surface area contributed by atoms with E-state index in [-0.39, 0.29) is 5.91 Å². The Morgan fingerprint density at radius 2 is 2.06 bits per heavy atom. The van der Waals surface area contributed by atoms with Crippen molar-refractivity contribution in [2.75, 3.05) is 26.2 Å². The average molecular weight is 248 g/mol. The Morgan fingerprint density at radius 3 is 2.78 bits per heavy atom. The van der Waals surface area contributed by atoms with E-state index in [2.05, 4.69) is 5.32 Å². The van der Waals surface area contributed by atoms with Crippen molar-refractivity contribution >= 4 is 5.91 Å². The van der Waals surface area contributed by atoms with Crippen LogP contribution < -0.4 is 10.1 Å². The van der Waals surface area contributed by atoms with Crippen LogP contribution in [0.1, 0.15) is 18.9 Å². The molecule has 1 saturated heterocycles. The number of ether oxygens (including phenoxy) is 1. The topological polar surface area (TPSA) is 41.6 Å². The second kappa shape index (κ2) is 6.40. The van der Waals surface area contributed by atoms with Crippen molar-refractivity contribution in [2.24, 2.45) is 0 Å². The largest absolute Gasteiger partial charge is 0.494 e. The highest BCUT2D eigenvalue weighted by Crippen LogP contribution is 2.14. The van der Waals surface area contributed by atoms with E-state index in [9.17, 15) is 4.79 Å². The number of carbonyl (C=O) groups is 1. The molecule has 2 rings (SSSR count). The molecule has 0 saturated carbocycles. The predicted molar refractivity (Wildman–Crippen MR) is 70.5 cm³/mol. The van der Waals surface area contributed by atoms with Crippen molar-refractivity contribution in [1.29, 1.82) is 0 Å². The molecule has 0 radical (unpaired) electrons. The molecule has 0 aliphatic carbocycles. The standard InChI is InChI=1S/C14H20N2O2/c1-2-18-13-5-3-12(4-6-13)11-16-10-9-15-8-7-14(16)17/h3-6,15H,2,7-11H2,1H3. The molecule has 18 heavy (non-hydrogen) atoms. The summed E-state index contributed by atoms with van der Waals surface area (Å²) in [6.07, 6.45) is 0.594. The monoisotopic (exact) mass is 248 g/mol. The Balaban J connectivity index is 1.97. The molecule has 1 fully saturated rings. The van der Waals surface area contributed by atoms with Gasteiger partial charge in [-0.1, -0.05) is 12.1 Å². The number of rotatable bonds is 4. The maximum atomic E-state index is 11.8. The summed E-state index contributed by atoms with van der Waals surface area (Å²) in [6, 6.07) is 7.96. The fourth-order valence-electron chi connectivity index (χ4n) is 2.06. The molecule has 1 N–H and O–H groups in total. The van der Waals surface area contributed by atoms with Gasteiger partial charge in [0.2, 0.25) is 5.91 Å². The van der Waals surface area contributed by atoms with Gasteiger partial charge in [-0.25, -0.2) is 0 Å². The minimum atomic E-state index is 0.230. The van der Waals surface area contributed by atoms with Crippen molar-refractivity contribution < 1.29 is 9.53 Å². The van der Waals surface area contributed by atoms with E-state index in [1.807, 2.05) is 36.1 Å². The molecule has 1 aliphatic heterocycles. The molecule has 0 bridgehead atoms. The molecule has 98 valence electrons. The lowest BCUT2D eigenvalue weighted by molar-refractivity contribution is -0.130. The zero-order valence-corrected chi connectivity index (χ0v) is 10.8. The summed E-state index contributed by atoms with van der Waals surface area (Å²) in [5.41, 5.74) is 1.15. The first kappa shape index (κ1) is 12.9. The summed E-state index contributed by atoms with van der Waals surface area (Å²) in [5.74, 6) is 1.11. The minimum Gasteiger partial charge on any atom is -0.494 e. The van der Waals surface area contributed by atoms with E-state index in [1.165, 1.54) is 0 Å². The molecule has 0 aromatic heterocycles. The zero-order valence-electron chi connectivity index (χ0n) is 10.8. The normalized spacial score (nSPS) is 16.5. The summed E-state index contributed by atoms with van der Waals surface area (Å²) in [5, 5.41) is 3.24. The third kappa shape index (κ3) is 3.47. The maximum absolute atomic E-state index is 11.8. The SMILES string of the molecule is CCOc1ccc(CN2CCNCCC2=O)cc1. The molecule has 4 heteroatoms. The van der Waals surface area contributed by atoms with Crippen LogP contribution in [0, 0.1) is 0 Å². The molecule has 0 atom stereocenters. The summed E-state index contributed by atoms with van der Waals surface area (Å²) in [4.78, 5) is 13.8. The molecular weight excluding hydrogens is 228 g/mol. The maximum Gasteiger partial charge on any atom is 0.224 e. The Hall–Kier alpha value is -1.55. The minimum absolute atomic E-state index is 0.230. The van der Waals surface area contributed by atoms with Gasteiger partial charge in [-0.05, 0) is 24.6 Å². The molecular formula is C14H20N2O2. The highest BCUT2D eigenvalue weighted by Gasteiger charge is 2.16. The van der Waals surface area contributed by atoms with Gasteiger partial charge in [-0.2, -0.15) is 0 Å². The van der Waals surface area contributed by atoms with Crippen LogP contribution in [0.4, 0.5) is 0 Å². The van der Waals surface area contributed by atoms with Crippen LogP contribution in [0.25, 0.3) is 0 Å². The van der Waals surface area contributed by atoms with Crippen LogP contribution in [-0.4, -0.2) is 37.0 Å². The van der Waals surface area contributed by atoms with Crippen LogP contribution >= 0.6 is 0 Å². The van der Waals surface area contributed by atoms with Gasteiger partial charge in [0.15, 0.2) is 0 Å². The van der Waals surface area contributed by atoms with Crippen LogP contribution in [0.5, 0.6) is 5.75 Å². The lowest BCUT2D eigenvalue weighted by atomic mass is 10.2. The lowest BCUT2D eigenvalue weighted by Crippen LogP contribution is -2.31. The molecule has 0 unspecified atom stereocenters. The summed E-state index contributed by atoms with van der Waals surface area (Å²) < 4.78 is 5.40. The first-order valence-corrected chi connectivity index (χ1v) is 6.50. The predicted octanol–water partition coefficient (Wildman–Crippen LogP) is 1.41. The van der Waals surface area contributed by atoms with Crippen LogP contribution in [-0.2, 0) is 11.3 Å². The highest BCUT2D eigenvalue weighted by molar-refractivity contribution is 5.76. The van der Waals surface area contributed by atoms with E-state index >= 15 is 0 Å². The third-order valence-corrected chi connectivity index (χ3v) is 3.03. The van der Waals surface area contributed by atoms with Crippen molar-refractivity contribution in [3.05, 3.63) is 29.8 Å². The second-order valence-electron chi connectivity index (χ2n) is 4.39. The number of hydrogen-bond acceptors (Lipinski definition) is 3. The van der Waals surface area contributed by atoms with Crippen molar-refractivity contribution in [1.82, 2.24) is 10.2 Å². The van der Waals surface area contributed by atoms with Gasteiger partial charge >= 0.3 is 0 Å². The number of hydrogen-bond donors (Lipinski definition) is 1. The number of amides is 1. The van der Waals surface area contributed by atoms with E-state index in [1.54, 1.807) is 0 Å². The molecule has 1 heterocycles. The first-order chi connectivity index (χ1) is 8.79. The third-order valence-electron chi connectivity index (χ3n) is 3.03. The lowest BCUT2D eigenvalue weighted by Gasteiger charge is -2.20. The van der Waals surface area contributed by atoms with E-state index in [0.29, 0.717) is 19.6 Å². The molecule has 0 spiro atoms.